The Balaban J connectivity index is 1.57. The molecule has 1 N–H and O–H groups in total. The molecule has 0 spiro atoms. The molecular weight excluding hydrogens is 499 g/mol. The van der Waals surface area contributed by atoms with Crippen LogP contribution in [-0.2, 0) is 20.6 Å². The lowest BCUT2D eigenvalue weighted by atomic mass is 10.2. The first-order chi connectivity index (χ1) is 15.9. The fraction of sp³-hybridized carbons (Fsp3) is 0.208. The standard InChI is InChI=1S/C24H24Cl2N2O3S2/c25-20-9-6-8-19(16-20)18-32-15-7-14-27-24(29)17-28(23-13-5-4-12-22(23)26)33(30,31)21-10-2-1-3-11-21/h1-6,8-13,16H,7,14-15,17-18H2,(H,27,29). The highest BCUT2D eigenvalue weighted by Gasteiger charge is 2.28. The fourth-order valence-electron chi connectivity index (χ4n) is 3.08. The highest BCUT2D eigenvalue weighted by molar-refractivity contribution is 7.98. The summed E-state index contributed by atoms with van der Waals surface area (Å²) in [7, 11) is -3.97. The van der Waals surface area contributed by atoms with E-state index in [2.05, 4.69) is 5.32 Å². The van der Waals surface area contributed by atoms with Gasteiger partial charge in [-0.3, -0.25) is 9.10 Å². The number of nitrogens with one attached hydrogen (secondary N) is 1. The maximum Gasteiger partial charge on any atom is 0.264 e. The molecule has 0 aromatic heterocycles. The minimum Gasteiger partial charge on any atom is -0.354 e. The minimum atomic E-state index is -3.97. The lowest BCUT2D eigenvalue weighted by molar-refractivity contribution is -0.119. The van der Waals surface area contributed by atoms with Crippen LogP contribution in [0.4, 0.5) is 5.69 Å². The maximum atomic E-state index is 13.3. The summed E-state index contributed by atoms with van der Waals surface area (Å²) >= 11 is 14.0. The molecule has 5 nitrogen and oxygen atoms in total. The third-order valence-corrected chi connectivity index (χ3v) is 8.13. The Kier molecular flexibility index (Phi) is 9.50. The summed E-state index contributed by atoms with van der Waals surface area (Å²) in [6.07, 6.45) is 0.758. The highest BCUT2D eigenvalue weighted by Crippen LogP contribution is 2.30. The zero-order chi connectivity index (χ0) is 23.7. The quantitative estimate of drug-likeness (QED) is 0.331. The van der Waals surface area contributed by atoms with Crippen LogP contribution in [0.1, 0.15) is 12.0 Å². The summed E-state index contributed by atoms with van der Waals surface area (Å²) < 4.78 is 27.6. The van der Waals surface area contributed by atoms with E-state index in [-0.39, 0.29) is 22.2 Å². The first-order valence-corrected chi connectivity index (χ1v) is 13.6. The van der Waals surface area contributed by atoms with Crippen LogP contribution in [-0.4, -0.2) is 33.2 Å². The molecule has 1 amide bonds. The van der Waals surface area contributed by atoms with E-state index in [9.17, 15) is 13.2 Å². The second-order valence-electron chi connectivity index (χ2n) is 7.16. The van der Waals surface area contributed by atoms with E-state index in [0.717, 1.165) is 27.8 Å². The third kappa shape index (κ3) is 7.40. The van der Waals surface area contributed by atoms with Gasteiger partial charge >= 0.3 is 0 Å². The van der Waals surface area contributed by atoms with Crippen molar-refractivity contribution in [1.82, 2.24) is 5.32 Å². The molecule has 0 saturated carbocycles. The number of carbonyl (C=O) groups excluding carboxylic acids is 1. The number of benzene rings is 3. The Morgan fingerprint density at radius 2 is 1.67 bits per heavy atom. The van der Waals surface area contributed by atoms with E-state index in [4.69, 9.17) is 23.2 Å². The van der Waals surface area contributed by atoms with Gasteiger partial charge in [0.15, 0.2) is 0 Å². The Hall–Kier alpha value is -2.19. The van der Waals surface area contributed by atoms with Gasteiger partial charge in [0.1, 0.15) is 6.54 Å². The Labute approximate surface area is 209 Å². The van der Waals surface area contributed by atoms with Gasteiger partial charge in [-0.2, -0.15) is 11.8 Å². The zero-order valence-electron chi connectivity index (χ0n) is 17.8. The van der Waals surface area contributed by atoms with Crippen LogP contribution in [0, 0.1) is 0 Å². The molecule has 33 heavy (non-hydrogen) atoms. The van der Waals surface area contributed by atoms with E-state index in [1.165, 1.54) is 12.1 Å². The molecule has 0 bridgehead atoms. The molecule has 0 radical (unpaired) electrons. The molecule has 0 atom stereocenters. The predicted octanol–water partition coefficient (Wildman–Crippen LogP) is 5.63. The van der Waals surface area contributed by atoms with Gasteiger partial charge in [-0.15, -0.1) is 0 Å². The van der Waals surface area contributed by atoms with Gasteiger partial charge in [-0.25, -0.2) is 8.42 Å². The van der Waals surface area contributed by atoms with E-state index in [0.29, 0.717) is 11.6 Å². The number of amides is 1. The van der Waals surface area contributed by atoms with Crippen LogP contribution < -0.4 is 9.62 Å². The topological polar surface area (TPSA) is 66.5 Å². The molecule has 0 aliphatic rings. The summed E-state index contributed by atoms with van der Waals surface area (Å²) in [6.45, 7) is 0.0831. The summed E-state index contributed by atoms with van der Waals surface area (Å²) in [5.74, 6) is 1.29. The van der Waals surface area contributed by atoms with Crippen molar-refractivity contribution in [3.8, 4) is 0 Å². The Morgan fingerprint density at radius 1 is 0.939 bits per heavy atom. The van der Waals surface area contributed by atoms with Crippen LogP contribution in [0.15, 0.2) is 83.8 Å². The van der Waals surface area contributed by atoms with Gasteiger partial charge in [0.05, 0.1) is 15.6 Å². The number of rotatable bonds is 11. The molecule has 3 aromatic rings. The van der Waals surface area contributed by atoms with Gasteiger partial charge in [0, 0.05) is 17.3 Å². The maximum absolute atomic E-state index is 13.3. The van der Waals surface area contributed by atoms with Gasteiger partial charge < -0.3 is 5.32 Å². The number of hydrogen-bond donors (Lipinski definition) is 1. The minimum absolute atomic E-state index is 0.0927. The number of thioether (sulfide) groups is 1. The predicted molar refractivity (Wildman–Crippen MR) is 138 cm³/mol. The van der Waals surface area contributed by atoms with Crippen molar-refractivity contribution >= 4 is 56.6 Å². The summed E-state index contributed by atoms with van der Waals surface area (Å²) in [6, 6.07) is 22.3. The number of carbonyl (C=O) groups is 1. The Morgan fingerprint density at radius 3 is 2.39 bits per heavy atom. The zero-order valence-corrected chi connectivity index (χ0v) is 20.9. The molecule has 0 unspecified atom stereocenters. The van der Waals surface area contributed by atoms with Gasteiger partial charge in [0.2, 0.25) is 5.91 Å². The molecule has 0 saturated heterocycles. The molecule has 9 heteroatoms. The van der Waals surface area contributed by atoms with Crippen molar-refractivity contribution in [3.05, 3.63) is 94.5 Å². The smallest absolute Gasteiger partial charge is 0.264 e. The molecule has 0 heterocycles. The number of para-hydroxylation sites is 1. The Bertz CT molecular complexity index is 1180. The molecule has 0 aliphatic carbocycles. The van der Waals surface area contributed by atoms with Crippen molar-refractivity contribution in [3.63, 3.8) is 0 Å². The number of nitrogens with zero attached hydrogens (tertiary/aromatic N) is 1. The first kappa shape index (κ1) is 25.4. The van der Waals surface area contributed by atoms with Crippen molar-refractivity contribution < 1.29 is 13.2 Å². The van der Waals surface area contributed by atoms with Gasteiger partial charge in [-0.1, -0.05) is 65.7 Å². The van der Waals surface area contributed by atoms with E-state index in [1.54, 1.807) is 54.2 Å². The number of anilines is 1. The van der Waals surface area contributed by atoms with Crippen molar-refractivity contribution in [2.24, 2.45) is 0 Å². The van der Waals surface area contributed by atoms with Crippen LogP contribution in [0.2, 0.25) is 10.0 Å². The highest BCUT2D eigenvalue weighted by atomic mass is 35.5. The van der Waals surface area contributed by atoms with Gasteiger partial charge in [-0.05, 0) is 54.1 Å². The molecule has 0 aliphatic heterocycles. The summed E-state index contributed by atoms with van der Waals surface area (Å²) in [5, 5.41) is 3.78. The van der Waals surface area contributed by atoms with E-state index in [1.807, 2.05) is 24.3 Å². The van der Waals surface area contributed by atoms with Crippen LogP contribution >= 0.6 is 35.0 Å². The molecule has 174 valence electrons. The fourth-order valence-corrected chi connectivity index (χ4v) is 5.95. The normalized spacial score (nSPS) is 11.2. The average molecular weight is 524 g/mol. The van der Waals surface area contributed by atoms with Crippen LogP contribution in [0.25, 0.3) is 0 Å². The van der Waals surface area contributed by atoms with Gasteiger partial charge in [0.25, 0.3) is 10.0 Å². The summed E-state index contributed by atoms with van der Waals surface area (Å²) in [5.41, 5.74) is 1.41. The van der Waals surface area contributed by atoms with Crippen LogP contribution in [0.5, 0.6) is 0 Å². The number of sulfonamides is 1. The largest absolute Gasteiger partial charge is 0.354 e. The SMILES string of the molecule is O=C(CN(c1ccccc1Cl)S(=O)(=O)c1ccccc1)NCCCSCc1cccc(Cl)c1. The molecular formula is C24H24Cl2N2O3S2. The second-order valence-corrected chi connectivity index (χ2v) is 11.0. The van der Waals surface area contributed by atoms with E-state index < -0.39 is 15.9 Å². The van der Waals surface area contributed by atoms with Crippen molar-refractivity contribution in [2.75, 3.05) is 23.1 Å². The van der Waals surface area contributed by atoms with Crippen molar-refractivity contribution in [1.29, 1.82) is 0 Å². The molecule has 0 fully saturated rings. The lowest BCUT2D eigenvalue weighted by Gasteiger charge is -2.25. The second kappa shape index (κ2) is 12.3. The average Bonchev–Trinajstić information content (AvgIpc) is 2.81. The third-order valence-electron chi connectivity index (χ3n) is 4.68. The number of halogens is 2. The van der Waals surface area contributed by atoms with Crippen molar-refractivity contribution in [2.45, 2.75) is 17.1 Å². The molecule has 3 aromatic carbocycles. The lowest BCUT2D eigenvalue weighted by Crippen LogP contribution is -2.41. The first-order valence-electron chi connectivity index (χ1n) is 10.3. The molecule has 3 rings (SSSR count). The van der Waals surface area contributed by atoms with Crippen LogP contribution in [0.3, 0.4) is 0 Å². The van der Waals surface area contributed by atoms with E-state index >= 15 is 0 Å². The summed E-state index contributed by atoms with van der Waals surface area (Å²) in [4.78, 5) is 12.7. The number of hydrogen-bond acceptors (Lipinski definition) is 4. The monoisotopic (exact) mass is 522 g/mol.